The van der Waals surface area contributed by atoms with Crippen LogP contribution in [0.2, 0.25) is 0 Å². The minimum absolute atomic E-state index is 0.0347. The molecule has 0 spiro atoms. The van der Waals surface area contributed by atoms with Crippen molar-refractivity contribution in [3.05, 3.63) is 58.1 Å². The van der Waals surface area contributed by atoms with Crippen molar-refractivity contribution >= 4 is 33.1 Å². The molecular weight excluding hydrogens is 366 g/mol. The molecule has 5 heteroatoms. The number of thiophene rings is 1. The number of hydrogen-bond donors (Lipinski definition) is 2. The quantitative estimate of drug-likeness (QED) is 0.672. The SMILES string of the molecule is Nc1c(C(=O)NC2CCCC2)sc2nc3c(cc12)CC(c1ccccc1)CC3. The molecule has 1 saturated carbocycles. The van der Waals surface area contributed by atoms with Crippen LogP contribution in [-0.2, 0) is 12.8 Å². The number of fused-ring (bicyclic) bond motifs is 2. The summed E-state index contributed by atoms with van der Waals surface area (Å²) in [4.78, 5) is 19.2. The van der Waals surface area contributed by atoms with Crippen LogP contribution < -0.4 is 11.1 Å². The molecule has 2 aromatic heterocycles. The van der Waals surface area contributed by atoms with Crippen LogP contribution in [-0.4, -0.2) is 16.9 Å². The molecule has 1 fully saturated rings. The fourth-order valence-electron chi connectivity index (χ4n) is 4.69. The summed E-state index contributed by atoms with van der Waals surface area (Å²) in [5.74, 6) is 0.491. The zero-order valence-electron chi connectivity index (χ0n) is 15.9. The van der Waals surface area contributed by atoms with Gasteiger partial charge in [0.15, 0.2) is 0 Å². The normalized spacial score (nSPS) is 19.6. The van der Waals surface area contributed by atoms with Crippen LogP contribution in [0.15, 0.2) is 36.4 Å². The van der Waals surface area contributed by atoms with Gasteiger partial charge in [-0.2, -0.15) is 0 Å². The summed E-state index contributed by atoms with van der Waals surface area (Å²) >= 11 is 1.44. The maximum Gasteiger partial charge on any atom is 0.263 e. The van der Waals surface area contributed by atoms with E-state index in [0.29, 0.717) is 22.5 Å². The molecule has 28 heavy (non-hydrogen) atoms. The Morgan fingerprint density at radius 3 is 2.71 bits per heavy atom. The van der Waals surface area contributed by atoms with Crippen LogP contribution in [0, 0.1) is 0 Å². The van der Waals surface area contributed by atoms with E-state index >= 15 is 0 Å². The van der Waals surface area contributed by atoms with Crippen molar-refractivity contribution < 1.29 is 4.79 Å². The Hall–Kier alpha value is -2.40. The number of amides is 1. The minimum atomic E-state index is -0.0347. The highest BCUT2D eigenvalue weighted by Gasteiger charge is 2.25. The topological polar surface area (TPSA) is 68.0 Å². The van der Waals surface area contributed by atoms with E-state index in [1.54, 1.807) is 0 Å². The molecule has 0 radical (unpaired) electrons. The van der Waals surface area contributed by atoms with Gasteiger partial charge in [0.05, 0.1) is 5.69 Å². The van der Waals surface area contributed by atoms with Crippen molar-refractivity contribution in [1.82, 2.24) is 10.3 Å². The molecule has 2 aliphatic carbocycles. The highest BCUT2D eigenvalue weighted by atomic mass is 32.1. The molecule has 144 valence electrons. The van der Waals surface area contributed by atoms with E-state index in [0.717, 1.165) is 42.3 Å². The van der Waals surface area contributed by atoms with Gasteiger partial charge in [0.1, 0.15) is 9.71 Å². The van der Waals surface area contributed by atoms with Gasteiger partial charge >= 0.3 is 0 Å². The molecule has 3 aromatic rings. The number of carbonyl (C=O) groups is 1. The molecule has 2 heterocycles. The lowest BCUT2D eigenvalue weighted by Crippen LogP contribution is -2.32. The Morgan fingerprint density at radius 2 is 1.93 bits per heavy atom. The molecule has 5 rings (SSSR count). The third kappa shape index (κ3) is 3.18. The van der Waals surface area contributed by atoms with Crippen LogP contribution in [0.4, 0.5) is 5.69 Å². The van der Waals surface area contributed by atoms with Crippen molar-refractivity contribution in [2.75, 3.05) is 5.73 Å². The zero-order chi connectivity index (χ0) is 19.1. The van der Waals surface area contributed by atoms with Crippen molar-refractivity contribution in [2.45, 2.75) is 56.9 Å². The summed E-state index contributed by atoms with van der Waals surface area (Å²) in [7, 11) is 0. The predicted octanol–water partition coefficient (Wildman–Crippen LogP) is 4.82. The molecular formula is C23H25N3OS. The van der Waals surface area contributed by atoms with Crippen molar-refractivity contribution in [1.29, 1.82) is 0 Å². The van der Waals surface area contributed by atoms with Gasteiger partial charge in [-0.25, -0.2) is 4.98 Å². The first-order valence-electron chi connectivity index (χ1n) is 10.3. The van der Waals surface area contributed by atoms with Gasteiger partial charge in [0.2, 0.25) is 0 Å². The van der Waals surface area contributed by atoms with Gasteiger partial charge in [0, 0.05) is 17.1 Å². The highest BCUT2D eigenvalue weighted by Crippen LogP contribution is 2.38. The number of pyridine rings is 1. The molecule has 0 aliphatic heterocycles. The van der Waals surface area contributed by atoms with Gasteiger partial charge in [-0.05, 0) is 55.2 Å². The Kier molecular flexibility index (Phi) is 4.55. The maximum atomic E-state index is 12.7. The summed E-state index contributed by atoms with van der Waals surface area (Å²) in [5.41, 5.74) is 10.8. The van der Waals surface area contributed by atoms with E-state index in [2.05, 4.69) is 41.7 Å². The van der Waals surface area contributed by atoms with E-state index in [4.69, 9.17) is 10.7 Å². The fourth-order valence-corrected chi connectivity index (χ4v) is 5.69. The lowest BCUT2D eigenvalue weighted by Gasteiger charge is -2.24. The second kappa shape index (κ2) is 7.21. The lowest BCUT2D eigenvalue weighted by molar-refractivity contribution is 0.0943. The average Bonchev–Trinajstić information content (AvgIpc) is 3.34. The number of nitrogens with two attached hydrogens (primary N) is 1. The number of nitrogens with zero attached hydrogens (tertiary/aromatic N) is 1. The van der Waals surface area contributed by atoms with E-state index in [1.807, 2.05) is 0 Å². The van der Waals surface area contributed by atoms with Crippen molar-refractivity contribution in [3.8, 4) is 0 Å². The number of aryl methyl sites for hydroxylation is 1. The number of nitrogens with one attached hydrogen (secondary N) is 1. The summed E-state index contributed by atoms with van der Waals surface area (Å²) in [6.07, 6.45) is 7.63. The van der Waals surface area contributed by atoms with Crippen LogP contribution in [0.5, 0.6) is 0 Å². The third-order valence-corrected chi connectivity index (χ3v) is 7.37. The van der Waals surface area contributed by atoms with Gasteiger partial charge in [-0.3, -0.25) is 4.79 Å². The molecule has 0 saturated heterocycles. The smallest absolute Gasteiger partial charge is 0.263 e. The largest absolute Gasteiger partial charge is 0.397 e. The number of anilines is 1. The summed E-state index contributed by atoms with van der Waals surface area (Å²) in [6, 6.07) is 13.2. The van der Waals surface area contributed by atoms with Crippen LogP contribution in [0.25, 0.3) is 10.2 Å². The summed E-state index contributed by atoms with van der Waals surface area (Å²) < 4.78 is 0. The van der Waals surface area contributed by atoms with E-state index in [9.17, 15) is 4.79 Å². The number of carbonyl (C=O) groups excluding carboxylic acids is 1. The number of hydrogen-bond acceptors (Lipinski definition) is 4. The highest BCUT2D eigenvalue weighted by molar-refractivity contribution is 7.21. The number of nitrogen functional groups attached to an aromatic ring is 1. The molecule has 1 atom stereocenters. The van der Waals surface area contributed by atoms with Gasteiger partial charge < -0.3 is 11.1 Å². The molecule has 1 amide bonds. The average molecular weight is 392 g/mol. The molecule has 0 bridgehead atoms. The first-order valence-corrected chi connectivity index (χ1v) is 11.1. The molecule has 1 aromatic carbocycles. The molecule has 4 nitrogen and oxygen atoms in total. The van der Waals surface area contributed by atoms with Crippen molar-refractivity contribution in [3.63, 3.8) is 0 Å². The van der Waals surface area contributed by atoms with Crippen molar-refractivity contribution in [2.24, 2.45) is 0 Å². The molecule has 2 aliphatic rings. The Morgan fingerprint density at radius 1 is 1.14 bits per heavy atom. The Bertz CT molecular complexity index is 1020. The first-order chi connectivity index (χ1) is 13.7. The number of rotatable bonds is 3. The van der Waals surface area contributed by atoms with Gasteiger partial charge in [0.25, 0.3) is 5.91 Å². The Balaban J connectivity index is 1.44. The minimum Gasteiger partial charge on any atom is -0.397 e. The monoisotopic (exact) mass is 391 g/mol. The van der Waals surface area contributed by atoms with Gasteiger partial charge in [-0.1, -0.05) is 43.2 Å². The third-order valence-electron chi connectivity index (χ3n) is 6.25. The van der Waals surface area contributed by atoms with Crippen LogP contribution >= 0.6 is 11.3 Å². The number of aromatic nitrogens is 1. The predicted molar refractivity (Wildman–Crippen MR) is 115 cm³/mol. The first kappa shape index (κ1) is 17.7. The second-order valence-corrected chi connectivity index (χ2v) is 9.10. The Labute approximate surface area is 169 Å². The van der Waals surface area contributed by atoms with E-state index in [1.165, 1.54) is 41.0 Å². The van der Waals surface area contributed by atoms with Crippen LogP contribution in [0.3, 0.4) is 0 Å². The summed E-state index contributed by atoms with van der Waals surface area (Å²) in [6.45, 7) is 0. The van der Waals surface area contributed by atoms with Crippen LogP contribution in [0.1, 0.15) is 64.5 Å². The molecule has 3 N–H and O–H groups in total. The zero-order valence-corrected chi connectivity index (χ0v) is 16.7. The fraction of sp³-hybridized carbons (Fsp3) is 0.391. The van der Waals surface area contributed by atoms with E-state index in [-0.39, 0.29) is 5.91 Å². The lowest BCUT2D eigenvalue weighted by atomic mass is 9.82. The molecule has 1 unspecified atom stereocenters. The summed E-state index contributed by atoms with van der Waals surface area (Å²) in [5, 5.41) is 4.10. The number of benzene rings is 1. The van der Waals surface area contributed by atoms with Gasteiger partial charge in [-0.15, -0.1) is 11.3 Å². The second-order valence-electron chi connectivity index (χ2n) is 8.10. The maximum absolute atomic E-state index is 12.7. The van der Waals surface area contributed by atoms with E-state index < -0.39 is 0 Å². The standard InChI is InChI=1S/C23H25N3OS/c24-20-18-13-16-12-15(14-6-2-1-3-7-14)10-11-19(16)26-23(18)28-21(20)22(27)25-17-8-4-5-9-17/h1-3,6-7,13,15,17H,4-5,8-12,24H2,(H,25,27).